The van der Waals surface area contributed by atoms with Gasteiger partial charge in [-0.05, 0) is 70.3 Å². The van der Waals surface area contributed by atoms with E-state index in [1.807, 2.05) is 97.1 Å². The summed E-state index contributed by atoms with van der Waals surface area (Å²) in [7, 11) is 2.62. The Labute approximate surface area is 330 Å². The molecule has 1 spiro atoms. The van der Waals surface area contributed by atoms with E-state index in [4.69, 9.17) is 42.9 Å². The average molecular weight is 771 g/mol. The van der Waals surface area contributed by atoms with Crippen LogP contribution in [0.4, 0.5) is 0 Å². The lowest BCUT2D eigenvalue weighted by molar-refractivity contribution is -0.140. The molecule has 12 nitrogen and oxygen atoms in total. The van der Waals surface area contributed by atoms with Gasteiger partial charge in [0, 0.05) is 12.4 Å². The molecule has 1 aliphatic carbocycles. The van der Waals surface area contributed by atoms with Crippen molar-refractivity contribution >= 4 is 18.2 Å². The summed E-state index contributed by atoms with van der Waals surface area (Å²) in [6.07, 6.45) is 7.22. The molecule has 3 aliphatic heterocycles. The molecule has 0 amide bonds. The van der Waals surface area contributed by atoms with Crippen LogP contribution >= 0.6 is 0 Å². The molecule has 0 saturated carbocycles. The van der Waals surface area contributed by atoms with Gasteiger partial charge in [0.25, 0.3) is 0 Å². The molecule has 0 aromatic heterocycles. The number of methoxy groups -OCH3 is 2. The summed E-state index contributed by atoms with van der Waals surface area (Å²) < 4.78 is 46.4. The minimum Gasteiger partial charge on any atom is -0.487 e. The topological polar surface area (TPSA) is 124 Å². The van der Waals surface area contributed by atoms with E-state index in [0.29, 0.717) is 74.9 Å². The molecule has 1 atom stereocenters. The fourth-order valence-corrected chi connectivity index (χ4v) is 7.97. The van der Waals surface area contributed by atoms with Gasteiger partial charge in [0.1, 0.15) is 32.1 Å². The molecule has 4 aromatic carbocycles. The van der Waals surface area contributed by atoms with E-state index in [-0.39, 0.29) is 17.9 Å². The number of hydrogen-bond acceptors (Lipinski definition) is 12. The van der Waals surface area contributed by atoms with Gasteiger partial charge < -0.3 is 42.8 Å². The SMILES string of the molecule is COC(=O)C1=C(C(=O)OC)C2(c3ccccc3-c3ccccc32)C2C(N=Cc3ccc4c(c3)OCCOCCOc3ccccc3OCCOCCO4)=CC=CN12. The Morgan fingerprint density at radius 2 is 1.19 bits per heavy atom. The van der Waals surface area contributed by atoms with E-state index in [2.05, 4.69) is 0 Å². The van der Waals surface area contributed by atoms with Crippen LogP contribution in [0.2, 0.25) is 0 Å². The second kappa shape index (κ2) is 16.8. The lowest BCUT2D eigenvalue weighted by atomic mass is 9.67. The van der Waals surface area contributed by atoms with Crippen LogP contribution in [0.25, 0.3) is 11.1 Å². The fourth-order valence-electron chi connectivity index (χ4n) is 7.97. The largest absolute Gasteiger partial charge is 0.487 e. The minimum absolute atomic E-state index is 0.0994. The molecule has 292 valence electrons. The number of ether oxygens (including phenoxy) is 8. The van der Waals surface area contributed by atoms with Crippen molar-refractivity contribution in [1.29, 1.82) is 0 Å². The molecule has 3 heterocycles. The van der Waals surface area contributed by atoms with E-state index < -0.39 is 23.4 Å². The molecule has 0 saturated heterocycles. The smallest absolute Gasteiger partial charge is 0.355 e. The highest BCUT2D eigenvalue weighted by Crippen LogP contribution is 2.61. The maximum absolute atomic E-state index is 14.0. The molecule has 4 aromatic rings. The van der Waals surface area contributed by atoms with E-state index in [0.717, 1.165) is 27.8 Å². The fraction of sp³-hybridized carbons (Fsp3) is 0.267. The van der Waals surface area contributed by atoms with Crippen LogP contribution in [-0.2, 0) is 34.0 Å². The summed E-state index contributed by atoms with van der Waals surface area (Å²) in [5.41, 5.74) is 4.11. The number of fused-ring (bicyclic) bond motifs is 9. The molecule has 12 heteroatoms. The monoisotopic (exact) mass is 770 g/mol. The van der Waals surface area contributed by atoms with Crippen molar-refractivity contribution in [3.63, 3.8) is 0 Å². The maximum atomic E-state index is 14.0. The number of rotatable bonds is 4. The van der Waals surface area contributed by atoms with Crippen molar-refractivity contribution in [2.45, 2.75) is 11.5 Å². The summed E-state index contributed by atoms with van der Waals surface area (Å²) in [5, 5.41) is 0. The van der Waals surface area contributed by atoms with Crippen LogP contribution in [0, 0.1) is 0 Å². The van der Waals surface area contributed by atoms with Gasteiger partial charge in [-0.1, -0.05) is 60.7 Å². The standard InChI is InChI=1S/C45H42N2O10/c1-50-43(48)40-41(44(49)51-2)47-19-9-14-35(42(47)45(40)33-12-5-3-10-31(33)32-11-4-6-13-34(32)45)46-29-30-17-18-38-39(28-30)57-27-23-53-21-25-55-37-16-8-7-15-36(37)54-24-20-52-22-26-56-38/h3-19,28-29,42H,20-27H2,1-2H3. The van der Waals surface area contributed by atoms with Crippen molar-refractivity contribution in [3.05, 3.63) is 143 Å². The first kappa shape index (κ1) is 37.5. The number of esters is 2. The van der Waals surface area contributed by atoms with Crippen LogP contribution in [0.3, 0.4) is 0 Å². The molecule has 57 heavy (non-hydrogen) atoms. The lowest BCUT2D eigenvalue weighted by Crippen LogP contribution is -2.46. The average Bonchev–Trinajstić information content (AvgIpc) is 3.73. The Bertz CT molecular complexity index is 2230. The van der Waals surface area contributed by atoms with Gasteiger partial charge in [0.15, 0.2) is 23.0 Å². The van der Waals surface area contributed by atoms with Crippen LogP contribution in [0.15, 0.2) is 131 Å². The molecule has 4 aliphatic rings. The summed E-state index contributed by atoms with van der Waals surface area (Å²) >= 11 is 0. The molecule has 0 radical (unpaired) electrons. The van der Waals surface area contributed by atoms with Gasteiger partial charge in [0.2, 0.25) is 0 Å². The van der Waals surface area contributed by atoms with Crippen molar-refractivity contribution < 1.29 is 47.5 Å². The van der Waals surface area contributed by atoms with Crippen molar-refractivity contribution in [1.82, 2.24) is 4.90 Å². The zero-order valence-electron chi connectivity index (χ0n) is 31.7. The van der Waals surface area contributed by atoms with Gasteiger partial charge in [0.05, 0.1) is 63.4 Å². The molecule has 8 rings (SSSR count). The normalized spacial score (nSPS) is 18.9. The van der Waals surface area contributed by atoms with E-state index in [1.165, 1.54) is 14.2 Å². The first-order valence-corrected chi connectivity index (χ1v) is 18.8. The molecular weight excluding hydrogens is 728 g/mol. The number of para-hydroxylation sites is 2. The predicted molar refractivity (Wildman–Crippen MR) is 211 cm³/mol. The van der Waals surface area contributed by atoms with E-state index in [1.54, 1.807) is 23.4 Å². The third-order valence-corrected chi connectivity index (χ3v) is 10.3. The Kier molecular flexibility index (Phi) is 11.1. The Morgan fingerprint density at radius 3 is 1.77 bits per heavy atom. The van der Waals surface area contributed by atoms with Gasteiger partial charge in [-0.15, -0.1) is 0 Å². The van der Waals surface area contributed by atoms with Crippen LogP contribution < -0.4 is 18.9 Å². The summed E-state index contributed by atoms with van der Waals surface area (Å²) in [6, 6.07) is 28.3. The maximum Gasteiger partial charge on any atom is 0.355 e. The third kappa shape index (κ3) is 7.02. The van der Waals surface area contributed by atoms with Crippen molar-refractivity contribution in [2.24, 2.45) is 4.99 Å². The number of hydrogen-bond donors (Lipinski definition) is 0. The van der Waals surface area contributed by atoms with Gasteiger partial charge in [-0.2, -0.15) is 0 Å². The van der Waals surface area contributed by atoms with Crippen LogP contribution in [0.5, 0.6) is 23.0 Å². The number of carbonyl (C=O) groups excluding carboxylic acids is 2. The van der Waals surface area contributed by atoms with Crippen molar-refractivity contribution in [3.8, 4) is 34.1 Å². The quantitative estimate of drug-likeness (QED) is 0.179. The highest BCUT2D eigenvalue weighted by molar-refractivity contribution is 6.07. The number of carbonyl (C=O) groups is 2. The molecule has 0 fully saturated rings. The minimum atomic E-state index is -1.16. The Hall–Kier alpha value is -6.37. The first-order chi connectivity index (χ1) is 28.1. The zero-order valence-corrected chi connectivity index (χ0v) is 31.7. The van der Waals surface area contributed by atoms with E-state index in [9.17, 15) is 9.59 Å². The van der Waals surface area contributed by atoms with Crippen LogP contribution in [-0.4, -0.2) is 96.2 Å². The predicted octanol–water partition coefficient (Wildman–Crippen LogP) is 6.03. The second-order valence-electron chi connectivity index (χ2n) is 13.4. The third-order valence-electron chi connectivity index (χ3n) is 10.3. The summed E-state index contributed by atoms with van der Waals surface area (Å²) in [4.78, 5) is 34.6. The van der Waals surface area contributed by atoms with E-state index >= 15 is 0 Å². The zero-order chi connectivity index (χ0) is 39.2. The summed E-state index contributed by atoms with van der Waals surface area (Å²) in [6.45, 7) is 2.65. The van der Waals surface area contributed by atoms with Gasteiger partial charge in [-0.3, -0.25) is 4.99 Å². The number of allylic oxidation sites excluding steroid dienone is 2. The number of aliphatic imine (C=N–C) groups is 1. The Balaban J connectivity index is 1.10. The first-order valence-electron chi connectivity index (χ1n) is 18.8. The number of nitrogens with zero attached hydrogens (tertiary/aromatic N) is 2. The number of benzene rings is 4. The lowest BCUT2D eigenvalue weighted by Gasteiger charge is -2.39. The highest BCUT2D eigenvalue weighted by atomic mass is 16.6. The van der Waals surface area contributed by atoms with Gasteiger partial charge >= 0.3 is 11.9 Å². The molecular formula is C45H42N2O10. The van der Waals surface area contributed by atoms with Crippen molar-refractivity contribution in [2.75, 3.05) is 67.1 Å². The highest BCUT2D eigenvalue weighted by Gasteiger charge is 2.63. The molecule has 0 N–H and O–H groups in total. The second-order valence-corrected chi connectivity index (χ2v) is 13.4. The summed E-state index contributed by atoms with van der Waals surface area (Å²) in [5.74, 6) is 1.05. The van der Waals surface area contributed by atoms with Gasteiger partial charge in [-0.25, -0.2) is 9.59 Å². The van der Waals surface area contributed by atoms with Crippen LogP contribution in [0.1, 0.15) is 16.7 Å². The molecule has 0 bridgehead atoms. The molecule has 1 unspecified atom stereocenters. The Morgan fingerprint density at radius 1 is 0.667 bits per heavy atom.